The van der Waals surface area contributed by atoms with Gasteiger partial charge in [0.15, 0.2) is 5.78 Å². The van der Waals surface area contributed by atoms with E-state index in [0.29, 0.717) is 5.56 Å². The van der Waals surface area contributed by atoms with E-state index in [-0.39, 0.29) is 24.1 Å². The summed E-state index contributed by atoms with van der Waals surface area (Å²) in [4.78, 5) is 35.4. The van der Waals surface area contributed by atoms with E-state index in [9.17, 15) is 14.4 Å². The zero-order valence-electron chi connectivity index (χ0n) is 11.4. The van der Waals surface area contributed by atoms with Crippen molar-refractivity contribution < 1.29 is 19.1 Å². The molecule has 0 aliphatic carbocycles. The number of rotatable bonds is 6. The van der Waals surface area contributed by atoms with Crippen LogP contribution < -0.4 is 0 Å². The molecule has 4 nitrogen and oxygen atoms in total. The smallest absolute Gasteiger partial charge is 0.317 e. The standard InChI is InChI=1S/C15H18O4/c1-10(2)19-15(18)13(9-11(3)16)14(17)12-7-5-4-6-8-12/h4-8,10,13H,9H2,1-3H3. The summed E-state index contributed by atoms with van der Waals surface area (Å²) >= 11 is 0. The first-order valence-corrected chi connectivity index (χ1v) is 6.21. The minimum atomic E-state index is -1.05. The Hall–Kier alpha value is -1.97. The quantitative estimate of drug-likeness (QED) is 0.449. The maximum Gasteiger partial charge on any atom is 0.317 e. The molecular weight excluding hydrogens is 244 g/mol. The highest BCUT2D eigenvalue weighted by Crippen LogP contribution is 2.16. The third kappa shape index (κ3) is 4.66. The van der Waals surface area contributed by atoms with Gasteiger partial charge in [0.1, 0.15) is 11.7 Å². The van der Waals surface area contributed by atoms with E-state index in [1.807, 2.05) is 0 Å². The monoisotopic (exact) mass is 262 g/mol. The number of carbonyl (C=O) groups excluding carboxylic acids is 3. The van der Waals surface area contributed by atoms with Crippen LogP contribution >= 0.6 is 0 Å². The minimum Gasteiger partial charge on any atom is -0.462 e. The summed E-state index contributed by atoms with van der Waals surface area (Å²) in [6.07, 6.45) is -0.440. The van der Waals surface area contributed by atoms with Crippen molar-refractivity contribution in [2.75, 3.05) is 0 Å². The van der Waals surface area contributed by atoms with Gasteiger partial charge in [0.05, 0.1) is 6.10 Å². The lowest BCUT2D eigenvalue weighted by molar-refractivity contribution is -0.151. The van der Waals surface area contributed by atoms with Crippen molar-refractivity contribution >= 4 is 17.5 Å². The fourth-order valence-electron chi connectivity index (χ4n) is 1.69. The highest BCUT2D eigenvalue weighted by molar-refractivity contribution is 6.10. The summed E-state index contributed by atoms with van der Waals surface area (Å²) in [5, 5.41) is 0. The molecule has 0 aliphatic rings. The van der Waals surface area contributed by atoms with Gasteiger partial charge in [-0.1, -0.05) is 30.3 Å². The van der Waals surface area contributed by atoms with Crippen LogP contribution in [0.2, 0.25) is 0 Å². The summed E-state index contributed by atoms with van der Waals surface area (Å²) in [5.41, 5.74) is 0.412. The topological polar surface area (TPSA) is 60.4 Å². The third-order valence-corrected chi connectivity index (χ3v) is 2.50. The predicted molar refractivity (Wildman–Crippen MR) is 70.8 cm³/mol. The largest absolute Gasteiger partial charge is 0.462 e. The summed E-state index contributed by atoms with van der Waals surface area (Å²) < 4.78 is 5.04. The van der Waals surface area contributed by atoms with Gasteiger partial charge in [-0.3, -0.25) is 14.4 Å². The molecule has 102 valence electrons. The first-order chi connectivity index (χ1) is 8.91. The van der Waals surface area contributed by atoms with Crippen LogP contribution in [0.25, 0.3) is 0 Å². The van der Waals surface area contributed by atoms with E-state index in [1.54, 1.807) is 44.2 Å². The molecule has 0 heterocycles. The molecule has 0 aliphatic heterocycles. The van der Waals surface area contributed by atoms with Crippen molar-refractivity contribution in [3.63, 3.8) is 0 Å². The van der Waals surface area contributed by atoms with Gasteiger partial charge in [-0.05, 0) is 20.8 Å². The SMILES string of the molecule is CC(=O)CC(C(=O)OC(C)C)C(=O)c1ccccc1. The molecule has 1 unspecified atom stereocenters. The fourth-order valence-corrected chi connectivity index (χ4v) is 1.69. The van der Waals surface area contributed by atoms with Crippen molar-refractivity contribution in [1.82, 2.24) is 0 Å². The molecule has 4 heteroatoms. The molecule has 0 saturated heterocycles. The molecule has 0 saturated carbocycles. The first-order valence-electron chi connectivity index (χ1n) is 6.21. The molecule has 0 spiro atoms. The lowest BCUT2D eigenvalue weighted by Gasteiger charge is -2.15. The van der Waals surface area contributed by atoms with Gasteiger partial charge in [0.25, 0.3) is 0 Å². The zero-order chi connectivity index (χ0) is 14.4. The Morgan fingerprint density at radius 2 is 1.68 bits per heavy atom. The molecule has 0 bridgehead atoms. The Labute approximate surface area is 112 Å². The summed E-state index contributed by atoms with van der Waals surface area (Å²) in [6, 6.07) is 8.46. The number of Topliss-reactive ketones (excluding diaryl/α,β-unsaturated/α-hetero) is 2. The first kappa shape index (κ1) is 15.1. The number of esters is 1. The van der Waals surface area contributed by atoms with Gasteiger partial charge in [0.2, 0.25) is 0 Å². The average Bonchev–Trinajstić information content (AvgIpc) is 2.35. The average molecular weight is 262 g/mol. The minimum absolute atomic E-state index is 0.126. The van der Waals surface area contributed by atoms with E-state index in [2.05, 4.69) is 0 Å². The fraction of sp³-hybridized carbons (Fsp3) is 0.400. The number of hydrogen-bond donors (Lipinski definition) is 0. The Kier molecular flexibility index (Phi) is 5.42. The Balaban J connectivity index is 2.94. The molecule has 0 radical (unpaired) electrons. The van der Waals surface area contributed by atoms with Crippen molar-refractivity contribution in [3.8, 4) is 0 Å². The van der Waals surface area contributed by atoms with Crippen molar-refractivity contribution in [3.05, 3.63) is 35.9 Å². The second-order valence-electron chi connectivity index (χ2n) is 4.67. The van der Waals surface area contributed by atoms with Crippen LogP contribution in [0.5, 0.6) is 0 Å². The highest BCUT2D eigenvalue weighted by Gasteiger charge is 2.30. The van der Waals surface area contributed by atoms with Crippen LogP contribution in [0.3, 0.4) is 0 Å². The van der Waals surface area contributed by atoms with E-state index < -0.39 is 11.9 Å². The van der Waals surface area contributed by atoms with E-state index in [4.69, 9.17) is 4.74 Å². The molecule has 1 rings (SSSR count). The molecule has 0 fully saturated rings. The van der Waals surface area contributed by atoms with Gasteiger partial charge in [-0.2, -0.15) is 0 Å². The molecule has 1 atom stereocenters. The molecule has 0 amide bonds. The van der Waals surface area contributed by atoms with E-state index in [1.165, 1.54) is 6.92 Å². The lowest BCUT2D eigenvalue weighted by Crippen LogP contribution is -2.30. The van der Waals surface area contributed by atoms with Gasteiger partial charge in [-0.25, -0.2) is 0 Å². The number of hydrogen-bond acceptors (Lipinski definition) is 4. The van der Waals surface area contributed by atoms with E-state index >= 15 is 0 Å². The number of ether oxygens (including phenoxy) is 1. The number of ketones is 2. The van der Waals surface area contributed by atoms with Crippen molar-refractivity contribution in [2.45, 2.75) is 33.3 Å². The normalized spacial score (nSPS) is 12.0. The molecule has 0 N–H and O–H groups in total. The maximum absolute atomic E-state index is 12.3. The Morgan fingerprint density at radius 3 is 2.16 bits per heavy atom. The van der Waals surface area contributed by atoms with Gasteiger partial charge in [-0.15, -0.1) is 0 Å². The molecule has 19 heavy (non-hydrogen) atoms. The zero-order valence-corrected chi connectivity index (χ0v) is 11.4. The lowest BCUT2D eigenvalue weighted by atomic mass is 9.93. The van der Waals surface area contributed by atoms with Gasteiger partial charge < -0.3 is 4.74 Å². The van der Waals surface area contributed by atoms with Crippen LogP contribution in [-0.4, -0.2) is 23.6 Å². The molecule has 1 aromatic rings. The van der Waals surface area contributed by atoms with Crippen LogP contribution in [-0.2, 0) is 14.3 Å². The second kappa shape index (κ2) is 6.83. The van der Waals surface area contributed by atoms with Crippen molar-refractivity contribution in [1.29, 1.82) is 0 Å². The maximum atomic E-state index is 12.3. The van der Waals surface area contributed by atoms with E-state index in [0.717, 1.165) is 0 Å². The molecule has 1 aromatic carbocycles. The van der Waals surface area contributed by atoms with Crippen LogP contribution in [0.1, 0.15) is 37.6 Å². The van der Waals surface area contributed by atoms with Gasteiger partial charge >= 0.3 is 5.97 Å². The predicted octanol–water partition coefficient (Wildman–Crippen LogP) is 2.42. The Bertz CT molecular complexity index is 462. The van der Waals surface area contributed by atoms with Crippen LogP contribution in [0, 0.1) is 5.92 Å². The molecule has 0 aromatic heterocycles. The second-order valence-corrected chi connectivity index (χ2v) is 4.67. The summed E-state index contributed by atoms with van der Waals surface area (Å²) in [6.45, 7) is 4.76. The number of benzene rings is 1. The summed E-state index contributed by atoms with van der Waals surface area (Å²) in [5.74, 6) is -2.28. The van der Waals surface area contributed by atoms with Gasteiger partial charge in [0, 0.05) is 12.0 Å². The summed E-state index contributed by atoms with van der Waals surface area (Å²) in [7, 11) is 0. The third-order valence-electron chi connectivity index (χ3n) is 2.50. The van der Waals surface area contributed by atoms with Crippen LogP contribution in [0.4, 0.5) is 0 Å². The van der Waals surface area contributed by atoms with Crippen molar-refractivity contribution in [2.24, 2.45) is 5.92 Å². The van der Waals surface area contributed by atoms with Crippen LogP contribution in [0.15, 0.2) is 30.3 Å². The molecular formula is C15H18O4. The number of carbonyl (C=O) groups is 3. The Morgan fingerprint density at radius 1 is 1.11 bits per heavy atom. The highest BCUT2D eigenvalue weighted by atomic mass is 16.5.